The maximum absolute atomic E-state index is 5.77. The Hall–Kier alpha value is -0.450. The summed E-state index contributed by atoms with van der Waals surface area (Å²) in [6.07, 6.45) is 2.56. The normalized spacial score (nSPS) is 24.6. The highest BCUT2D eigenvalue weighted by Gasteiger charge is 2.24. The van der Waals surface area contributed by atoms with Crippen molar-refractivity contribution in [3.8, 4) is 0 Å². The van der Waals surface area contributed by atoms with Crippen molar-refractivity contribution >= 4 is 11.3 Å². The first-order chi connectivity index (χ1) is 7.70. The molecule has 90 valence electrons. The molecule has 2 atom stereocenters. The topological polar surface area (TPSA) is 42.2 Å². The lowest BCUT2D eigenvalue weighted by molar-refractivity contribution is 0.132. The zero-order valence-corrected chi connectivity index (χ0v) is 11.0. The van der Waals surface area contributed by atoms with Crippen LogP contribution in [0, 0.1) is 12.8 Å². The third-order valence-electron chi connectivity index (χ3n) is 3.50. The SMILES string of the molecule is Cc1nc(C(C)N2CCCC(CN)C2)cs1. The van der Waals surface area contributed by atoms with Gasteiger partial charge in [0, 0.05) is 11.9 Å². The molecule has 0 saturated carbocycles. The molecule has 4 heteroatoms. The average molecular weight is 239 g/mol. The Labute approximate surface area is 102 Å². The standard InChI is InChI=1S/C12H21N3S/c1-9(12-8-16-10(2)14-12)15-5-3-4-11(6-13)7-15/h8-9,11H,3-7,13H2,1-2H3. The molecule has 1 aliphatic rings. The van der Waals surface area contributed by atoms with Crippen LogP contribution in [-0.2, 0) is 0 Å². The van der Waals surface area contributed by atoms with E-state index in [4.69, 9.17) is 5.73 Å². The van der Waals surface area contributed by atoms with E-state index in [2.05, 4.69) is 29.1 Å². The minimum absolute atomic E-state index is 0.444. The Morgan fingerprint density at radius 2 is 2.50 bits per heavy atom. The van der Waals surface area contributed by atoms with Crippen LogP contribution >= 0.6 is 11.3 Å². The van der Waals surface area contributed by atoms with Gasteiger partial charge in [0.1, 0.15) is 0 Å². The van der Waals surface area contributed by atoms with Crippen LogP contribution in [0.25, 0.3) is 0 Å². The molecule has 0 aromatic carbocycles. The Bertz CT molecular complexity index is 337. The van der Waals surface area contributed by atoms with E-state index in [0.29, 0.717) is 12.0 Å². The monoisotopic (exact) mass is 239 g/mol. The number of nitrogens with zero attached hydrogens (tertiary/aromatic N) is 2. The van der Waals surface area contributed by atoms with E-state index in [0.717, 1.165) is 18.1 Å². The summed E-state index contributed by atoms with van der Waals surface area (Å²) in [6.45, 7) is 7.47. The minimum Gasteiger partial charge on any atom is -0.330 e. The third-order valence-corrected chi connectivity index (χ3v) is 4.29. The molecule has 1 aromatic rings. The lowest BCUT2D eigenvalue weighted by atomic mass is 9.97. The van der Waals surface area contributed by atoms with Gasteiger partial charge < -0.3 is 5.73 Å². The van der Waals surface area contributed by atoms with Crippen molar-refractivity contribution in [3.63, 3.8) is 0 Å². The maximum atomic E-state index is 5.77. The van der Waals surface area contributed by atoms with Crippen LogP contribution in [0.2, 0.25) is 0 Å². The van der Waals surface area contributed by atoms with Gasteiger partial charge in [0.2, 0.25) is 0 Å². The fourth-order valence-electron chi connectivity index (χ4n) is 2.40. The number of aryl methyl sites for hydroxylation is 1. The Balaban J connectivity index is 2.01. The second-order valence-electron chi connectivity index (χ2n) is 4.71. The largest absolute Gasteiger partial charge is 0.330 e. The molecule has 1 saturated heterocycles. The molecule has 1 aromatic heterocycles. The van der Waals surface area contributed by atoms with Gasteiger partial charge in [-0.15, -0.1) is 11.3 Å². The summed E-state index contributed by atoms with van der Waals surface area (Å²) in [5.74, 6) is 0.677. The molecule has 0 spiro atoms. The van der Waals surface area contributed by atoms with Crippen LogP contribution < -0.4 is 5.73 Å². The fourth-order valence-corrected chi connectivity index (χ4v) is 3.10. The van der Waals surface area contributed by atoms with Crippen LogP contribution in [0.5, 0.6) is 0 Å². The maximum Gasteiger partial charge on any atom is 0.0898 e. The summed E-state index contributed by atoms with van der Waals surface area (Å²) < 4.78 is 0. The lowest BCUT2D eigenvalue weighted by Crippen LogP contribution is -2.39. The predicted octanol–water partition coefficient (Wildman–Crippen LogP) is 2.18. The van der Waals surface area contributed by atoms with Crippen LogP contribution in [0.4, 0.5) is 0 Å². The van der Waals surface area contributed by atoms with E-state index >= 15 is 0 Å². The highest BCUT2D eigenvalue weighted by atomic mass is 32.1. The van der Waals surface area contributed by atoms with Crippen LogP contribution in [-0.4, -0.2) is 29.5 Å². The molecule has 0 radical (unpaired) electrons. The number of aromatic nitrogens is 1. The van der Waals surface area contributed by atoms with Crippen LogP contribution in [0.15, 0.2) is 5.38 Å². The quantitative estimate of drug-likeness (QED) is 0.879. The summed E-state index contributed by atoms with van der Waals surface area (Å²) >= 11 is 1.74. The zero-order valence-electron chi connectivity index (χ0n) is 10.1. The van der Waals surface area contributed by atoms with Crippen molar-refractivity contribution in [2.75, 3.05) is 19.6 Å². The summed E-state index contributed by atoms with van der Waals surface area (Å²) in [7, 11) is 0. The highest BCUT2D eigenvalue weighted by molar-refractivity contribution is 7.09. The number of piperidine rings is 1. The van der Waals surface area contributed by atoms with Gasteiger partial charge >= 0.3 is 0 Å². The lowest BCUT2D eigenvalue weighted by Gasteiger charge is -2.35. The Kier molecular flexibility index (Phi) is 3.95. The van der Waals surface area contributed by atoms with E-state index in [9.17, 15) is 0 Å². The second kappa shape index (κ2) is 5.25. The van der Waals surface area contributed by atoms with Gasteiger partial charge in [0.05, 0.1) is 16.7 Å². The van der Waals surface area contributed by atoms with E-state index in [-0.39, 0.29) is 0 Å². The second-order valence-corrected chi connectivity index (χ2v) is 5.77. The molecule has 0 bridgehead atoms. The number of hydrogen-bond donors (Lipinski definition) is 1. The Morgan fingerprint density at radius 3 is 3.12 bits per heavy atom. The van der Waals surface area contributed by atoms with Gasteiger partial charge in [0.15, 0.2) is 0 Å². The van der Waals surface area contributed by atoms with E-state index < -0.39 is 0 Å². The van der Waals surface area contributed by atoms with Crippen molar-refractivity contribution in [2.45, 2.75) is 32.7 Å². The molecule has 3 nitrogen and oxygen atoms in total. The molecule has 0 amide bonds. The van der Waals surface area contributed by atoms with Crippen LogP contribution in [0.3, 0.4) is 0 Å². The molecular weight excluding hydrogens is 218 g/mol. The van der Waals surface area contributed by atoms with Crippen molar-refractivity contribution in [1.29, 1.82) is 0 Å². The van der Waals surface area contributed by atoms with Gasteiger partial charge in [-0.05, 0) is 45.7 Å². The van der Waals surface area contributed by atoms with Gasteiger partial charge in [0.25, 0.3) is 0 Å². The number of rotatable bonds is 3. The van der Waals surface area contributed by atoms with Crippen LogP contribution in [0.1, 0.15) is 36.5 Å². The molecular formula is C12H21N3S. The third kappa shape index (κ3) is 2.62. The van der Waals surface area contributed by atoms with Crippen molar-refractivity contribution in [1.82, 2.24) is 9.88 Å². The number of thiazole rings is 1. The first-order valence-electron chi connectivity index (χ1n) is 6.07. The van der Waals surface area contributed by atoms with E-state index in [1.165, 1.54) is 25.1 Å². The molecule has 16 heavy (non-hydrogen) atoms. The number of hydrogen-bond acceptors (Lipinski definition) is 4. The minimum atomic E-state index is 0.444. The van der Waals surface area contributed by atoms with Crippen molar-refractivity contribution in [2.24, 2.45) is 11.7 Å². The molecule has 2 heterocycles. The van der Waals surface area contributed by atoms with Gasteiger partial charge in [-0.1, -0.05) is 0 Å². The summed E-state index contributed by atoms with van der Waals surface area (Å²) in [5, 5.41) is 3.35. The van der Waals surface area contributed by atoms with Gasteiger partial charge in [-0.2, -0.15) is 0 Å². The molecule has 2 N–H and O–H groups in total. The van der Waals surface area contributed by atoms with E-state index in [1.807, 2.05) is 0 Å². The Morgan fingerprint density at radius 1 is 1.69 bits per heavy atom. The van der Waals surface area contributed by atoms with Gasteiger partial charge in [-0.25, -0.2) is 4.98 Å². The molecule has 0 aliphatic carbocycles. The molecule has 2 unspecified atom stereocenters. The highest BCUT2D eigenvalue weighted by Crippen LogP contribution is 2.26. The summed E-state index contributed by atoms with van der Waals surface area (Å²) in [5.41, 5.74) is 6.99. The summed E-state index contributed by atoms with van der Waals surface area (Å²) in [4.78, 5) is 7.11. The summed E-state index contributed by atoms with van der Waals surface area (Å²) in [6, 6.07) is 0.444. The van der Waals surface area contributed by atoms with Crippen molar-refractivity contribution < 1.29 is 0 Å². The first-order valence-corrected chi connectivity index (χ1v) is 6.95. The van der Waals surface area contributed by atoms with E-state index in [1.54, 1.807) is 11.3 Å². The zero-order chi connectivity index (χ0) is 11.5. The first kappa shape index (κ1) is 12.0. The number of nitrogens with two attached hydrogens (primary N) is 1. The van der Waals surface area contributed by atoms with Crippen molar-refractivity contribution in [3.05, 3.63) is 16.1 Å². The molecule has 2 rings (SSSR count). The number of likely N-dealkylation sites (tertiary alicyclic amines) is 1. The smallest absolute Gasteiger partial charge is 0.0898 e. The van der Waals surface area contributed by atoms with Gasteiger partial charge in [-0.3, -0.25) is 4.90 Å². The average Bonchev–Trinajstić information content (AvgIpc) is 2.75. The fraction of sp³-hybridized carbons (Fsp3) is 0.750. The molecule has 1 aliphatic heterocycles. The predicted molar refractivity (Wildman–Crippen MR) is 68.6 cm³/mol. The molecule has 1 fully saturated rings.